The van der Waals surface area contributed by atoms with Gasteiger partial charge in [0.25, 0.3) is 5.91 Å². The van der Waals surface area contributed by atoms with Crippen molar-refractivity contribution in [2.45, 2.75) is 39.3 Å². The summed E-state index contributed by atoms with van der Waals surface area (Å²) in [6, 6.07) is 14.3. The first-order valence-electron chi connectivity index (χ1n) is 11.0. The number of hydrogen-bond donors (Lipinski definition) is 3. The third-order valence-electron chi connectivity index (χ3n) is 5.69. The molecule has 1 heterocycles. The van der Waals surface area contributed by atoms with E-state index in [2.05, 4.69) is 35.2 Å². The van der Waals surface area contributed by atoms with Crippen LogP contribution in [0.3, 0.4) is 0 Å². The highest BCUT2D eigenvalue weighted by molar-refractivity contribution is 5.98. The van der Waals surface area contributed by atoms with Crippen molar-refractivity contribution in [3.63, 3.8) is 0 Å². The molecule has 1 aliphatic heterocycles. The summed E-state index contributed by atoms with van der Waals surface area (Å²) in [7, 11) is 0. The second-order valence-corrected chi connectivity index (χ2v) is 8.44. The Morgan fingerprint density at radius 2 is 2.03 bits per heavy atom. The van der Waals surface area contributed by atoms with Gasteiger partial charge in [-0.25, -0.2) is 0 Å². The summed E-state index contributed by atoms with van der Waals surface area (Å²) in [5.74, 6) is 6.05. The number of hydrogen-bond acceptors (Lipinski definition) is 4. The van der Waals surface area contributed by atoms with Crippen molar-refractivity contribution in [3.8, 4) is 0 Å². The molecule has 1 unspecified atom stereocenters. The van der Waals surface area contributed by atoms with Gasteiger partial charge in [-0.15, -0.1) is 5.10 Å². The number of carbonyl (C=O) groups is 1. The number of nitrogens with zero attached hydrogens (tertiary/aromatic N) is 3. The van der Waals surface area contributed by atoms with Crippen LogP contribution in [-0.2, 0) is 11.3 Å². The number of allylic oxidation sites excluding steroid dienone is 1. The predicted molar refractivity (Wildman–Crippen MR) is 131 cm³/mol. The molecule has 1 atom stereocenters. The highest BCUT2D eigenvalue weighted by Gasteiger charge is 2.27. The molecule has 1 amide bonds. The normalized spacial score (nSPS) is 16.5. The van der Waals surface area contributed by atoms with Crippen molar-refractivity contribution in [2.75, 3.05) is 19.6 Å². The highest BCUT2D eigenvalue weighted by Crippen LogP contribution is 2.19. The number of nitrogens with two attached hydrogens (primary N) is 2. The molecule has 1 saturated heterocycles. The Balaban J connectivity index is 1.77. The zero-order valence-electron chi connectivity index (χ0n) is 19.1. The van der Waals surface area contributed by atoms with Gasteiger partial charge in [-0.1, -0.05) is 60.7 Å². The minimum absolute atomic E-state index is 0.0549. The maximum absolute atomic E-state index is 13.1. The van der Waals surface area contributed by atoms with E-state index in [1.165, 1.54) is 0 Å². The summed E-state index contributed by atoms with van der Waals surface area (Å²) in [6.07, 6.45) is 3.95. The van der Waals surface area contributed by atoms with Gasteiger partial charge in [-0.05, 0) is 43.0 Å². The lowest BCUT2D eigenvalue weighted by Gasteiger charge is -2.38. The summed E-state index contributed by atoms with van der Waals surface area (Å²) in [5.41, 5.74) is 8.64. The molecule has 7 nitrogen and oxygen atoms in total. The Kier molecular flexibility index (Phi) is 7.89. The van der Waals surface area contributed by atoms with Gasteiger partial charge in [0, 0.05) is 32.2 Å². The quantitative estimate of drug-likeness (QED) is 0.162. The zero-order chi connectivity index (χ0) is 23.1. The second-order valence-electron chi connectivity index (χ2n) is 8.44. The van der Waals surface area contributed by atoms with Crippen molar-refractivity contribution in [2.24, 2.45) is 16.7 Å². The number of benzene rings is 2. The lowest BCUT2D eigenvalue weighted by atomic mass is 10.0. The van der Waals surface area contributed by atoms with Crippen LogP contribution < -0.4 is 16.9 Å². The number of fused-ring (bicyclic) bond motifs is 1. The van der Waals surface area contributed by atoms with Crippen LogP contribution in [0.25, 0.3) is 10.8 Å². The van der Waals surface area contributed by atoms with Crippen LogP contribution in [0.5, 0.6) is 0 Å². The number of likely N-dealkylation sites (tertiary alicyclic amines) is 1. The molecule has 5 N–H and O–H groups in total. The number of nitrogens with one attached hydrogen (secondary N) is 1. The molecule has 3 rings (SSSR count). The SMILES string of the molecule is C=C(C(=O)NCc1cccc2ccccc12)N(CC=C(C)C)/C(=N\N)N1CCCC(N)C1. The Hall–Kier alpha value is -3.32. The Morgan fingerprint density at radius 3 is 2.75 bits per heavy atom. The number of guanidine groups is 1. The van der Waals surface area contributed by atoms with Crippen molar-refractivity contribution in [1.29, 1.82) is 0 Å². The van der Waals surface area contributed by atoms with Gasteiger partial charge in [0.05, 0.1) is 0 Å². The molecule has 0 radical (unpaired) electrons. The number of rotatable bonds is 6. The van der Waals surface area contributed by atoms with E-state index in [4.69, 9.17) is 11.6 Å². The van der Waals surface area contributed by atoms with E-state index in [0.717, 1.165) is 41.3 Å². The molecule has 0 spiro atoms. The third-order valence-corrected chi connectivity index (χ3v) is 5.69. The van der Waals surface area contributed by atoms with Crippen molar-refractivity contribution in [3.05, 3.63) is 72.0 Å². The average Bonchev–Trinajstić information content (AvgIpc) is 2.79. The van der Waals surface area contributed by atoms with E-state index in [1.54, 1.807) is 4.90 Å². The smallest absolute Gasteiger partial charge is 0.267 e. The summed E-state index contributed by atoms with van der Waals surface area (Å²) in [5, 5.41) is 9.30. The van der Waals surface area contributed by atoms with E-state index in [-0.39, 0.29) is 11.9 Å². The van der Waals surface area contributed by atoms with Gasteiger partial charge in [0.2, 0.25) is 5.96 Å². The maximum atomic E-state index is 13.1. The van der Waals surface area contributed by atoms with Crippen molar-refractivity contribution < 1.29 is 4.79 Å². The number of piperidine rings is 1. The van der Waals surface area contributed by atoms with Gasteiger partial charge in [-0.3, -0.25) is 4.79 Å². The van der Waals surface area contributed by atoms with E-state index in [1.807, 2.05) is 49.1 Å². The first kappa shape index (κ1) is 23.3. The summed E-state index contributed by atoms with van der Waals surface area (Å²) in [6.45, 7) is 10.4. The Morgan fingerprint density at radius 1 is 1.28 bits per heavy atom. The van der Waals surface area contributed by atoms with Crippen LogP contribution >= 0.6 is 0 Å². The number of carbonyl (C=O) groups excluding carboxylic acids is 1. The molecular weight excluding hydrogens is 400 g/mol. The summed E-state index contributed by atoms with van der Waals surface area (Å²) in [4.78, 5) is 16.9. The molecule has 0 bridgehead atoms. The standard InChI is InChI=1S/C25H34N6O/c1-18(2)13-15-31(25(29-27)30-14-7-11-22(26)17-30)19(3)24(32)28-16-21-10-6-9-20-8-4-5-12-23(20)21/h4-6,8-10,12-13,22H,3,7,11,14-17,26-27H2,1-2H3,(H,28,32)/b29-25-. The maximum Gasteiger partial charge on any atom is 0.267 e. The topological polar surface area (TPSA) is 100.0 Å². The van der Waals surface area contributed by atoms with Crippen molar-refractivity contribution in [1.82, 2.24) is 15.1 Å². The molecule has 170 valence electrons. The van der Waals surface area contributed by atoms with Crippen LogP contribution in [0.15, 0.2) is 71.5 Å². The summed E-state index contributed by atoms with van der Waals surface area (Å²) < 4.78 is 0. The number of amides is 1. The van der Waals surface area contributed by atoms with Crippen LogP contribution in [0.4, 0.5) is 0 Å². The van der Waals surface area contributed by atoms with E-state index in [0.29, 0.717) is 31.3 Å². The molecule has 2 aromatic rings. The number of hydrazone groups is 1. The fraction of sp³-hybridized carbons (Fsp3) is 0.360. The van der Waals surface area contributed by atoms with Crippen LogP contribution in [0.2, 0.25) is 0 Å². The highest BCUT2D eigenvalue weighted by atomic mass is 16.2. The monoisotopic (exact) mass is 434 g/mol. The minimum Gasteiger partial charge on any atom is -0.347 e. The van der Waals surface area contributed by atoms with Crippen LogP contribution in [-0.4, -0.2) is 47.3 Å². The molecular formula is C25H34N6O. The fourth-order valence-electron chi connectivity index (χ4n) is 3.95. The first-order chi connectivity index (χ1) is 15.4. The Bertz CT molecular complexity index is 1020. The lowest BCUT2D eigenvalue weighted by molar-refractivity contribution is -0.118. The average molecular weight is 435 g/mol. The van der Waals surface area contributed by atoms with E-state index >= 15 is 0 Å². The summed E-state index contributed by atoms with van der Waals surface area (Å²) >= 11 is 0. The van der Waals surface area contributed by atoms with Gasteiger partial charge in [0.15, 0.2) is 0 Å². The minimum atomic E-state index is -0.262. The first-order valence-corrected chi connectivity index (χ1v) is 11.0. The molecule has 1 fully saturated rings. The molecule has 32 heavy (non-hydrogen) atoms. The molecule has 0 aliphatic carbocycles. The van der Waals surface area contributed by atoms with E-state index in [9.17, 15) is 4.79 Å². The van der Waals surface area contributed by atoms with Gasteiger partial charge < -0.3 is 26.7 Å². The lowest BCUT2D eigenvalue weighted by Crippen LogP contribution is -2.53. The molecule has 2 aromatic carbocycles. The fourth-order valence-corrected chi connectivity index (χ4v) is 3.95. The molecule has 0 aromatic heterocycles. The zero-order valence-corrected chi connectivity index (χ0v) is 19.1. The van der Waals surface area contributed by atoms with Crippen molar-refractivity contribution >= 4 is 22.6 Å². The van der Waals surface area contributed by atoms with Gasteiger partial charge in [0.1, 0.15) is 5.70 Å². The Labute approximate surface area is 190 Å². The molecule has 1 aliphatic rings. The molecule has 0 saturated carbocycles. The second kappa shape index (κ2) is 10.8. The molecule has 7 heteroatoms. The van der Waals surface area contributed by atoms with E-state index < -0.39 is 0 Å². The van der Waals surface area contributed by atoms with Crippen LogP contribution in [0.1, 0.15) is 32.3 Å². The third kappa shape index (κ3) is 5.68. The van der Waals surface area contributed by atoms with Crippen LogP contribution in [0, 0.1) is 0 Å². The largest absolute Gasteiger partial charge is 0.347 e. The predicted octanol–water partition coefficient (Wildman–Crippen LogP) is 2.89. The van der Waals surface area contributed by atoms with Gasteiger partial charge >= 0.3 is 0 Å². The van der Waals surface area contributed by atoms with Gasteiger partial charge in [-0.2, -0.15) is 0 Å².